The van der Waals surface area contributed by atoms with Gasteiger partial charge in [0, 0.05) is 17.1 Å². The van der Waals surface area contributed by atoms with E-state index in [9.17, 15) is 0 Å². The monoisotopic (exact) mass is 655 g/mol. The Balaban J connectivity index is 1.17. The van der Waals surface area contributed by atoms with Gasteiger partial charge >= 0.3 is 0 Å². The van der Waals surface area contributed by atoms with Crippen LogP contribution < -0.4 is 4.90 Å². The number of hydrogen-bond acceptors (Lipinski definition) is 1. The lowest BCUT2D eigenvalue weighted by atomic mass is 10.1. The van der Waals surface area contributed by atoms with Crippen molar-refractivity contribution in [1.82, 2.24) is 0 Å². The normalized spacial score (nSPS) is 12.2. The summed E-state index contributed by atoms with van der Waals surface area (Å²) in [7, 11) is 0. The summed E-state index contributed by atoms with van der Waals surface area (Å²) in [6.07, 6.45) is 29.3. The van der Waals surface area contributed by atoms with E-state index in [1.807, 2.05) is 42.5 Å². The second-order valence-electron chi connectivity index (χ2n) is 11.9. The van der Waals surface area contributed by atoms with Crippen LogP contribution in [-0.2, 0) is 0 Å². The summed E-state index contributed by atoms with van der Waals surface area (Å²) in [5, 5.41) is 0. The minimum atomic E-state index is 1.09. The smallest absolute Gasteiger partial charge is 0.0462 e. The molecule has 0 saturated carbocycles. The number of benzene rings is 6. The first-order valence-corrected chi connectivity index (χ1v) is 17.3. The molecule has 0 saturated heterocycles. The number of allylic oxidation sites excluding steroid dienone is 8. The summed E-state index contributed by atoms with van der Waals surface area (Å²) in [6.45, 7) is 0. The van der Waals surface area contributed by atoms with Gasteiger partial charge in [-0.15, -0.1) is 0 Å². The number of anilines is 3. The van der Waals surface area contributed by atoms with Gasteiger partial charge in [0.15, 0.2) is 0 Å². The summed E-state index contributed by atoms with van der Waals surface area (Å²) in [4.78, 5) is 2.30. The Hall–Kier alpha value is -6.70. The Morgan fingerprint density at radius 1 is 0.216 bits per heavy atom. The van der Waals surface area contributed by atoms with E-state index in [-0.39, 0.29) is 0 Å². The van der Waals surface area contributed by atoms with Crippen molar-refractivity contribution in [2.24, 2.45) is 0 Å². The van der Waals surface area contributed by atoms with Crippen LogP contribution in [0.15, 0.2) is 212 Å². The molecule has 0 aliphatic heterocycles. The molecule has 0 aliphatic rings. The van der Waals surface area contributed by atoms with Crippen molar-refractivity contribution in [3.63, 3.8) is 0 Å². The van der Waals surface area contributed by atoms with Crippen LogP contribution in [0.5, 0.6) is 0 Å². The van der Waals surface area contributed by atoms with Crippen LogP contribution in [0.1, 0.15) is 33.4 Å². The lowest BCUT2D eigenvalue weighted by molar-refractivity contribution is 1.28. The molecule has 0 radical (unpaired) electrons. The lowest BCUT2D eigenvalue weighted by Gasteiger charge is -2.26. The molecular weight excluding hydrogens is 615 g/mol. The topological polar surface area (TPSA) is 3.24 Å². The van der Waals surface area contributed by atoms with E-state index in [1.54, 1.807) is 0 Å². The van der Waals surface area contributed by atoms with Gasteiger partial charge in [-0.1, -0.05) is 212 Å². The highest BCUT2D eigenvalue weighted by atomic mass is 15.1. The molecule has 0 heterocycles. The summed E-state index contributed by atoms with van der Waals surface area (Å²) < 4.78 is 0. The standard InChI is InChI=1S/C50H41N/c1(8-18-42-20-12-5-13-21-42)3-10-26-45-30-36-48(37-31-45)51(50-40-34-47(35-41-50)29-28-44-24-16-7-17-25-44)49-38-32-46(33-39-49)27-11-4-2-9-19-43-22-14-6-15-23-43/h1-41H/b3-1+,4-2+,18-8+,19-9+,26-10+,27-11+,29-28+. The number of nitrogens with zero attached hydrogens (tertiary/aromatic N) is 1. The first-order chi connectivity index (χ1) is 25.3. The first-order valence-electron chi connectivity index (χ1n) is 17.3. The van der Waals surface area contributed by atoms with Gasteiger partial charge in [0.25, 0.3) is 0 Å². The predicted molar refractivity (Wildman–Crippen MR) is 224 cm³/mol. The molecule has 6 aromatic carbocycles. The van der Waals surface area contributed by atoms with Crippen LogP contribution in [0.25, 0.3) is 36.5 Å². The molecule has 1 nitrogen and oxygen atoms in total. The van der Waals surface area contributed by atoms with Crippen LogP contribution in [0.2, 0.25) is 0 Å². The molecular formula is C50H41N. The van der Waals surface area contributed by atoms with Crippen molar-refractivity contribution in [3.05, 3.63) is 246 Å². The van der Waals surface area contributed by atoms with Crippen molar-refractivity contribution in [2.45, 2.75) is 0 Å². The molecule has 0 spiro atoms. The average Bonchev–Trinajstić information content (AvgIpc) is 3.19. The number of hydrogen-bond donors (Lipinski definition) is 0. The third kappa shape index (κ3) is 10.9. The minimum Gasteiger partial charge on any atom is -0.311 e. The van der Waals surface area contributed by atoms with Crippen LogP contribution in [0.4, 0.5) is 17.1 Å². The van der Waals surface area contributed by atoms with E-state index >= 15 is 0 Å². The molecule has 6 aromatic rings. The molecule has 246 valence electrons. The second-order valence-corrected chi connectivity index (χ2v) is 11.9. The number of rotatable bonds is 13. The third-order valence-corrected chi connectivity index (χ3v) is 8.14. The fourth-order valence-corrected chi connectivity index (χ4v) is 5.46. The van der Waals surface area contributed by atoms with Gasteiger partial charge in [-0.05, 0) is 69.8 Å². The Morgan fingerprint density at radius 3 is 0.745 bits per heavy atom. The van der Waals surface area contributed by atoms with Gasteiger partial charge < -0.3 is 4.90 Å². The fraction of sp³-hybridized carbons (Fsp3) is 0. The molecule has 0 atom stereocenters. The van der Waals surface area contributed by atoms with E-state index in [4.69, 9.17) is 0 Å². The van der Waals surface area contributed by atoms with Crippen molar-refractivity contribution < 1.29 is 0 Å². The summed E-state index contributed by atoms with van der Waals surface area (Å²) in [6, 6.07) is 57.2. The van der Waals surface area contributed by atoms with Crippen molar-refractivity contribution in [3.8, 4) is 0 Å². The van der Waals surface area contributed by atoms with Gasteiger partial charge in [-0.25, -0.2) is 0 Å². The molecule has 0 N–H and O–H groups in total. The highest BCUT2D eigenvalue weighted by Crippen LogP contribution is 2.35. The quantitative estimate of drug-likeness (QED) is 0.0884. The minimum absolute atomic E-state index is 1.09. The summed E-state index contributed by atoms with van der Waals surface area (Å²) >= 11 is 0. The second kappa shape index (κ2) is 18.7. The van der Waals surface area contributed by atoms with E-state index < -0.39 is 0 Å². The summed E-state index contributed by atoms with van der Waals surface area (Å²) in [5.74, 6) is 0. The van der Waals surface area contributed by atoms with Gasteiger partial charge in [-0.2, -0.15) is 0 Å². The molecule has 0 bridgehead atoms. The van der Waals surface area contributed by atoms with Gasteiger partial charge in [0.2, 0.25) is 0 Å². The lowest BCUT2D eigenvalue weighted by Crippen LogP contribution is -2.09. The fourth-order valence-electron chi connectivity index (χ4n) is 5.46. The maximum Gasteiger partial charge on any atom is 0.0462 e. The van der Waals surface area contributed by atoms with Crippen LogP contribution in [0, 0.1) is 0 Å². The van der Waals surface area contributed by atoms with E-state index in [0.717, 1.165) is 33.8 Å². The van der Waals surface area contributed by atoms with Crippen molar-refractivity contribution >= 4 is 53.5 Å². The molecule has 0 aliphatic carbocycles. The molecule has 1 heteroatoms. The molecule has 51 heavy (non-hydrogen) atoms. The zero-order valence-corrected chi connectivity index (χ0v) is 28.6. The Labute approximate surface area is 303 Å². The summed E-state index contributed by atoms with van der Waals surface area (Å²) in [5.41, 5.74) is 10.3. The van der Waals surface area contributed by atoms with Gasteiger partial charge in [0.1, 0.15) is 0 Å². The van der Waals surface area contributed by atoms with E-state index in [1.165, 1.54) is 16.7 Å². The molecule has 0 unspecified atom stereocenters. The molecule has 6 rings (SSSR count). The largest absolute Gasteiger partial charge is 0.311 e. The highest BCUT2D eigenvalue weighted by molar-refractivity contribution is 5.79. The third-order valence-electron chi connectivity index (χ3n) is 8.14. The van der Waals surface area contributed by atoms with Crippen molar-refractivity contribution in [1.29, 1.82) is 0 Å². The SMILES string of the molecule is C(=C\C=C\c1ccc(N(c2ccc(/C=C/C=C/C=C/c3ccccc3)cc2)c2ccc(/C=C/c3ccccc3)cc2)cc1)/C=C/c1ccccc1. The van der Waals surface area contributed by atoms with Crippen LogP contribution in [-0.4, -0.2) is 0 Å². The first kappa shape index (κ1) is 34.2. The highest BCUT2D eigenvalue weighted by Gasteiger charge is 2.12. The molecule has 0 fully saturated rings. The Morgan fingerprint density at radius 2 is 0.451 bits per heavy atom. The molecule has 0 amide bonds. The van der Waals surface area contributed by atoms with Crippen molar-refractivity contribution in [2.75, 3.05) is 4.90 Å². The average molecular weight is 656 g/mol. The predicted octanol–water partition coefficient (Wildman–Crippen LogP) is 13.9. The zero-order chi connectivity index (χ0) is 34.8. The maximum atomic E-state index is 2.30. The van der Waals surface area contributed by atoms with E-state index in [0.29, 0.717) is 0 Å². The van der Waals surface area contributed by atoms with E-state index in [2.05, 4.69) is 211 Å². The Bertz CT molecular complexity index is 2010. The van der Waals surface area contributed by atoms with Crippen LogP contribution >= 0.6 is 0 Å². The van der Waals surface area contributed by atoms with Gasteiger partial charge in [0.05, 0.1) is 0 Å². The zero-order valence-electron chi connectivity index (χ0n) is 28.6. The Kier molecular flexibility index (Phi) is 12.6. The maximum absolute atomic E-state index is 2.30. The molecule has 0 aromatic heterocycles. The van der Waals surface area contributed by atoms with Crippen LogP contribution in [0.3, 0.4) is 0 Å². The van der Waals surface area contributed by atoms with Gasteiger partial charge in [-0.3, -0.25) is 0 Å².